The Morgan fingerprint density at radius 2 is 2.31 bits per heavy atom. The van der Waals surface area contributed by atoms with Crippen LogP contribution in [0.5, 0.6) is 0 Å². The fourth-order valence-corrected chi connectivity index (χ4v) is 1.28. The fourth-order valence-electron chi connectivity index (χ4n) is 1.28. The third kappa shape index (κ3) is 2.31. The van der Waals surface area contributed by atoms with Gasteiger partial charge in [0, 0.05) is 18.5 Å². The van der Waals surface area contributed by atoms with Crippen LogP contribution < -0.4 is 5.32 Å². The van der Waals surface area contributed by atoms with Crippen LogP contribution in [-0.2, 0) is 14.3 Å². The molecule has 0 radical (unpaired) electrons. The van der Waals surface area contributed by atoms with Crippen molar-refractivity contribution in [2.45, 2.75) is 19.8 Å². The van der Waals surface area contributed by atoms with Crippen molar-refractivity contribution >= 4 is 11.9 Å². The van der Waals surface area contributed by atoms with Gasteiger partial charge >= 0.3 is 5.97 Å². The Bertz CT molecular complexity index is 268. The molecule has 1 amide bonds. The molecule has 0 saturated carbocycles. The summed E-state index contributed by atoms with van der Waals surface area (Å²) < 4.78 is 4.49. The van der Waals surface area contributed by atoms with Gasteiger partial charge in [0.25, 0.3) is 0 Å². The summed E-state index contributed by atoms with van der Waals surface area (Å²) in [4.78, 5) is 22.0. The number of nitrogens with one attached hydrogen (secondary N) is 1. The molecule has 72 valence electrons. The maximum absolute atomic E-state index is 11.2. The van der Waals surface area contributed by atoms with Crippen LogP contribution in [0.1, 0.15) is 19.8 Å². The molecule has 0 saturated heterocycles. The van der Waals surface area contributed by atoms with Crippen LogP contribution in [0.3, 0.4) is 0 Å². The maximum atomic E-state index is 11.2. The van der Waals surface area contributed by atoms with E-state index < -0.39 is 0 Å². The molecule has 1 aliphatic rings. The molecule has 0 fully saturated rings. The molecule has 13 heavy (non-hydrogen) atoms. The number of esters is 1. The highest BCUT2D eigenvalue weighted by molar-refractivity contribution is 5.97. The second-order valence-electron chi connectivity index (χ2n) is 3.02. The number of rotatable bonds is 3. The second-order valence-corrected chi connectivity index (χ2v) is 3.02. The summed E-state index contributed by atoms with van der Waals surface area (Å²) >= 11 is 0. The van der Waals surface area contributed by atoms with Crippen LogP contribution in [0.2, 0.25) is 0 Å². The lowest BCUT2D eigenvalue weighted by molar-refractivity contribution is -0.140. The standard InChI is InChI=1S/C9H13NO3/c1-6-5-10-9(12)7(6)3-4-8(11)13-2/h3-5H2,1-2H3,(H,10,12). The van der Waals surface area contributed by atoms with Crippen LogP contribution >= 0.6 is 0 Å². The van der Waals surface area contributed by atoms with Crippen molar-refractivity contribution in [3.63, 3.8) is 0 Å². The van der Waals surface area contributed by atoms with E-state index in [1.165, 1.54) is 7.11 Å². The number of ether oxygens (including phenoxy) is 1. The molecule has 1 rings (SSSR count). The van der Waals surface area contributed by atoms with E-state index in [9.17, 15) is 9.59 Å². The average Bonchev–Trinajstić information content (AvgIpc) is 2.43. The van der Waals surface area contributed by atoms with Gasteiger partial charge in [0.15, 0.2) is 0 Å². The topological polar surface area (TPSA) is 55.4 Å². The number of carbonyl (C=O) groups excluding carboxylic acids is 2. The number of carbonyl (C=O) groups is 2. The molecule has 0 aromatic heterocycles. The zero-order chi connectivity index (χ0) is 9.84. The molecule has 4 nitrogen and oxygen atoms in total. The van der Waals surface area contributed by atoms with Crippen LogP contribution in [0.15, 0.2) is 11.1 Å². The summed E-state index contributed by atoms with van der Waals surface area (Å²) in [5.74, 6) is -0.332. The van der Waals surface area contributed by atoms with Crippen molar-refractivity contribution in [3.05, 3.63) is 11.1 Å². The van der Waals surface area contributed by atoms with Gasteiger partial charge in [0.1, 0.15) is 0 Å². The third-order valence-electron chi connectivity index (χ3n) is 2.11. The predicted octanol–water partition coefficient (Wildman–Crippen LogP) is 0.386. The first-order valence-corrected chi connectivity index (χ1v) is 4.18. The number of methoxy groups -OCH3 is 1. The highest BCUT2D eigenvalue weighted by Crippen LogP contribution is 2.15. The average molecular weight is 183 g/mol. The van der Waals surface area contributed by atoms with Crippen molar-refractivity contribution in [3.8, 4) is 0 Å². The van der Waals surface area contributed by atoms with Gasteiger partial charge in [-0.05, 0) is 18.9 Å². The summed E-state index contributed by atoms with van der Waals surface area (Å²) in [5.41, 5.74) is 1.75. The zero-order valence-electron chi connectivity index (χ0n) is 7.85. The van der Waals surface area contributed by atoms with E-state index in [1.54, 1.807) is 0 Å². The first-order chi connectivity index (χ1) is 6.15. The van der Waals surface area contributed by atoms with E-state index in [0.29, 0.717) is 13.0 Å². The van der Waals surface area contributed by atoms with E-state index in [1.807, 2.05) is 6.92 Å². The van der Waals surface area contributed by atoms with Crippen molar-refractivity contribution in [2.24, 2.45) is 0 Å². The number of amides is 1. The molecule has 0 unspecified atom stereocenters. The number of hydrogen-bond acceptors (Lipinski definition) is 3. The molecule has 4 heteroatoms. The van der Waals surface area contributed by atoms with Gasteiger partial charge in [-0.25, -0.2) is 0 Å². The molecule has 0 aliphatic carbocycles. The van der Waals surface area contributed by atoms with Gasteiger partial charge in [0.2, 0.25) is 5.91 Å². The van der Waals surface area contributed by atoms with Gasteiger partial charge < -0.3 is 10.1 Å². The van der Waals surface area contributed by atoms with Crippen LogP contribution in [0.25, 0.3) is 0 Å². The van der Waals surface area contributed by atoms with Crippen LogP contribution in [0.4, 0.5) is 0 Å². The van der Waals surface area contributed by atoms with E-state index in [4.69, 9.17) is 0 Å². The van der Waals surface area contributed by atoms with Gasteiger partial charge in [0.05, 0.1) is 7.11 Å². The Balaban J connectivity index is 2.49. The summed E-state index contributed by atoms with van der Waals surface area (Å²) in [6.07, 6.45) is 0.751. The van der Waals surface area contributed by atoms with E-state index >= 15 is 0 Å². The lowest BCUT2D eigenvalue weighted by atomic mass is 10.1. The maximum Gasteiger partial charge on any atom is 0.305 e. The fraction of sp³-hybridized carbons (Fsp3) is 0.556. The van der Waals surface area contributed by atoms with E-state index in [-0.39, 0.29) is 18.3 Å². The molecule has 1 heterocycles. The minimum atomic E-state index is -0.278. The van der Waals surface area contributed by atoms with Crippen molar-refractivity contribution in [1.29, 1.82) is 0 Å². The summed E-state index contributed by atoms with van der Waals surface area (Å²) in [5, 5.41) is 2.70. The molecular weight excluding hydrogens is 170 g/mol. The Morgan fingerprint density at radius 3 is 2.77 bits per heavy atom. The molecule has 1 N–H and O–H groups in total. The van der Waals surface area contributed by atoms with Gasteiger partial charge in [-0.3, -0.25) is 9.59 Å². The van der Waals surface area contributed by atoms with Crippen molar-refractivity contribution < 1.29 is 14.3 Å². The Labute approximate surface area is 76.9 Å². The molecular formula is C9H13NO3. The minimum absolute atomic E-state index is 0.0543. The Morgan fingerprint density at radius 1 is 1.62 bits per heavy atom. The Kier molecular flexibility index (Phi) is 3.06. The predicted molar refractivity (Wildman–Crippen MR) is 47.0 cm³/mol. The van der Waals surface area contributed by atoms with Crippen molar-refractivity contribution in [1.82, 2.24) is 5.32 Å². The zero-order valence-corrected chi connectivity index (χ0v) is 7.85. The molecule has 1 aliphatic heterocycles. The normalized spacial score (nSPS) is 16.0. The summed E-state index contributed by atoms with van der Waals surface area (Å²) in [6, 6.07) is 0. The molecule has 0 aromatic rings. The van der Waals surface area contributed by atoms with Crippen LogP contribution in [0, 0.1) is 0 Å². The first kappa shape index (κ1) is 9.77. The SMILES string of the molecule is COC(=O)CCC1=C(C)CNC1=O. The lowest BCUT2D eigenvalue weighted by Crippen LogP contribution is -2.17. The van der Waals surface area contributed by atoms with Gasteiger partial charge in [-0.1, -0.05) is 0 Å². The van der Waals surface area contributed by atoms with Gasteiger partial charge in [-0.15, -0.1) is 0 Å². The monoisotopic (exact) mass is 183 g/mol. The van der Waals surface area contributed by atoms with Gasteiger partial charge in [-0.2, -0.15) is 0 Å². The smallest absolute Gasteiger partial charge is 0.305 e. The highest BCUT2D eigenvalue weighted by atomic mass is 16.5. The lowest BCUT2D eigenvalue weighted by Gasteiger charge is -2.00. The molecule has 0 atom stereocenters. The summed E-state index contributed by atoms with van der Waals surface area (Å²) in [6.45, 7) is 2.50. The first-order valence-electron chi connectivity index (χ1n) is 4.18. The van der Waals surface area contributed by atoms with E-state index in [2.05, 4.69) is 10.1 Å². The highest BCUT2D eigenvalue weighted by Gasteiger charge is 2.19. The second kappa shape index (κ2) is 4.07. The van der Waals surface area contributed by atoms with E-state index in [0.717, 1.165) is 11.1 Å². The number of hydrogen-bond donors (Lipinski definition) is 1. The quantitative estimate of drug-likeness (QED) is 0.644. The molecule has 0 aromatic carbocycles. The molecule has 0 spiro atoms. The summed E-state index contributed by atoms with van der Waals surface area (Å²) in [7, 11) is 1.35. The Hall–Kier alpha value is -1.32. The largest absolute Gasteiger partial charge is 0.469 e. The molecule has 0 bridgehead atoms. The minimum Gasteiger partial charge on any atom is -0.469 e. The van der Waals surface area contributed by atoms with Crippen molar-refractivity contribution in [2.75, 3.05) is 13.7 Å². The van der Waals surface area contributed by atoms with Crippen LogP contribution in [-0.4, -0.2) is 25.5 Å². The third-order valence-corrected chi connectivity index (χ3v) is 2.11.